The molecule has 3 rings (SSSR count). The number of ether oxygens (including phenoxy) is 1. The maximum Gasteiger partial charge on any atom is 0.328 e. The quantitative estimate of drug-likeness (QED) is 0.675. The summed E-state index contributed by atoms with van der Waals surface area (Å²) in [6.07, 6.45) is 8.73. The fourth-order valence-electron chi connectivity index (χ4n) is 3.15. The highest BCUT2D eigenvalue weighted by Crippen LogP contribution is 2.26. The number of hydrogen-bond acceptors (Lipinski definition) is 6. The third kappa shape index (κ3) is 6.36. The van der Waals surface area contributed by atoms with Crippen molar-refractivity contribution in [3.8, 4) is 5.75 Å². The van der Waals surface area contributed by atoms with E-state index in [1.807, 2.05) is 13.1 Å². The first kappa shape index (κ1) is 19.7. The van der Waals surface area contributed by atoms with Gasteiger partial charge >= 0.3 is 11.9 Å². The molecule has 3 N–H and O–H groups in total. The molecule has 0 amide bonds. The molecule has 2 fully saturated rings. The van der Waals surface area contributed by atoms with E-state index >= 15 is 0 Å². The highest BCUT2D eigenvalue weighted by molar-refractivity contribution is 5.89. The lowest BCUT2D eigenvalue weighted by Gasteiger charge is -2.26. The van der Waals surface area contributed by atoms with Crippen LogP contribution >= 0.6 is 0 Å². The molecule has 8 heteroatoms. The molecule has 3 heterocycles. The van der Waals surface area contributed by atoms with Gasteiger partial charge in [-0.2, -0.15) is 0 Å². The molecule has 0 saturated carbocycles. The predicted molar refractivity (Wildman–Crippen MR) is 96.6 cm³/mol. The van der Waals surface area contributed by atoms with Gasteiger partial charge in [0.15, 0.2) is 0 Å². The van der Waals surface area contributed by atoms with Crippen LogP contribution in [-0.2, 0) is 9.59 Å². The number of carboxylic acids is 2. The Bertz CT molecular complexity index is 633. The highest BCUT2D eigenvalue weighted by Gasteiger charge is 2.29. The van der Waals surface area contributed by atoms with Gasteiger partial charge in [0.2, 0.25) is 0 Å². The molecule has 8 nitrogen and oxygen atoms in total. The third-order valence-electron chi connectivity index (χ3n) is 4.27. The van der Waals surface area contributed by atoms with Crippen molar-refractivity contribution in [2.45, 2.75) is 38.3 Å². The van der Waals surface area contributed by atoms with Gasteiger partial charge < -0.3 is 25.2 Å². The Morgan fingerprint density at radius 2 is 1.92 bits per heavy atom. The van der Waals surface area contributed by atoms with Crippen LogP contribution in [0.3, 0.4) is 0 Å². The van der Waals surface area contributed by atoms with Crippen molar-refractivity contribution in [1.82, 2.24) is 10.3 Å². The van der Waals surface area contributed by atoms with Crippen LogP contribution in [0.15, 0.2) is 30.6 Å². The van der Waals surface area contributed by atoms with Crippen LogP contribution in [0.1, 0.15) is 26.2 Å². The minimum absolute atomic E-state index is 0.558. The summed E-state index contributed by atoms with van der Waals surface area (Å²) in [5.74, 6) is -1.64. The van der Waals surface area contributed by atoms with E-state index in [9.17, 15) is 9.59 Å². The zero-order valence-electron chi connectivity index (χ0n) is 14.8. The van der Waals surface area contributed by atoms with Gasteiger partial charge in [-0.15, -0.1) is 0 Å². The largest absolute Gasteiger partial charge is 0.492 e. The first-order chi connectivity index (χ1) is 12.5. The number of nitrogens with one attached hydrogen (secondary N) is 1. The van der Waals surface area contributed by atoms with E-state index in [0.717, 1.165) is 24.9 Å². The molecule has 2 saturated heterocycles. The number of nitrogens with zero attached hydrogens (tertiary/aromatic N) is 2. The molecule has 0 aromatic carbocycles. The number of carboxylic acid groups (broad SMARTS) is 2. The van der Waals surface area contributed by atoms with E-state index in [2.05, 4.69) is 21.3 Å². The van der Waals surface area contributed by atoms with Crippen molar-refractivity contribution >= 4 is 17.6 Å². The number of rotatable bonds is 5. The van der Waals surface area contributed by atoms with E-state index in [0.29, 0.717) is 24.8 Å². The Balaban J connectivity index is 0.000000260. The van der Waals surface area contributed by atoms with Gasteiger partial charge in [-0.25, -0.2) is 9.59 Å². The van der Waals surface area contributed by atoms with Gasteiger partial charge in [-0.1, -0.05) is 0 Å². The van der Waals surface area contributed by atoms with E-state index in [-0.39, 0.29) is 0 Å². The van der Waals surface area contributed by atoms with Crippen molar-refractivity contribution in [2.75, 3.05) is 24.6 Å². The Morgan fingerprint density at radius 3 is 2.58 bits per heavy atom. The molecule has 2 bridgehead atoms. The van der Waals surface area contributed by atoms with Crippen molar-refractivity contribution < 1.29 is 24.5 Å². The monoisotopic (exact) mass is 363 g/mol. The smallest absolute Gasteiger partial charge is 0.328 e. The van der Waals surface area contributed by atoms with Crippen LogP contribution in [0.2, 0.25) is 0 Å². The summed E-state index contributed by atoms with van der Waals surface area (Å²) in [7, 11) is 0. The number of fused-ring (bicyclic) bond motifs is 2. The predicted octanol–water partition coefficient (Wildman–Crippen LogP) is 1.52. The van der Waals surface area contributed by atoms with E-state index in [1.54, 1.807) is 6.20 Å². The second kappa shape index (κ2) is 9.76. The summed E-state index contributed by atoms with van der Waals surface area (Å²) >= 11 is 0. The van der Waals surface area contributed by atoms with E-state index in [1.165, 1.54) is 24.9 Å². The number of anilines is 1. The highest BCUT2D eigenvalue weighted by atomic mass is 16.5. The second-order valence-electron chi connectivity index (χ2n) is 6.19. The topological polar surface area (TPSA) is 112 Å². The standard InChI is InChI=1S/C14H21N3O.C4H4O4/c1-2-18-14-7-13(8-15-9-14)17-6-5-11-3-4-12(10-17)16-11;5-3(6)1-2-4(7)8/h7-9,11-12,16H,2-6,10H2,1H3;1-2H,(H,5,6)(H,7,8)/b;2-1+/t11-,12+;/m1./s1. The number of aliphatic carboxylic acids is 2. The van der Waals surface area contributed by atoms with Gasteiger partial charge in [-0.3, -0.25) is 4.98 Å². The Morgan fingerprint density at radius 1 is 1.23 bits per heavy atom. The number of hydrogen-bond donors (Lipinski definition) is 3. The lowest BCUT2D eigenvalue weighted by molar-refractivity contribution is -0.134. The van der Waals surface area contributed by atoms with Crippen LogP contribution in [0.25, 0.3) is 0 Å². The average Bonchev–Trinajstić information content (AvgIpc) is 2.93. The molecule has 0 radical (unpaired) electrons. The Labute approximate surface area is 152 Å². The van der Waals surface area contributed by atoms with Crippen molar-refractivity contribution in [1.29, 1.82) is 0 Å². The zero-order valence-corrected chi connectivity index (χ0v) is 14.8. The maximum atomic E-state index is 9.55. The number of pyridine rings is 1. The molecule has 0 aliphatic carbocycles. The summed E-state index contributed by atoms with van der Waals surface area (Å²) in [6.45, 7) is 4.90. The third-order valence-corrected chi connectivity index (χ3v) is 4.27. The summed E-state index contributed by atoms with van der Waals surface area (Å²) in [5, 5.41) is 19.3. The van der Waals surface area contributed by atoms with Crippen molar-refractivity contribution in [2.24, 2.45) is 0 Å². The summed E-state index contributed by atoms with van der Waals surface area (Å²) in [5.41, 5.74) is 1.19. The second-order valence-corrected chi connectivity index (χ2v) is 6.19. The van der Waals surface area contributed by atoms with Gasteiger partial charge in [0.05, 0.1) is 24.7 Å². The normalized spacial score (nSPS) is 21.7. The van der Waals surface area contributed by atoms with E-state index < -0.39 is 11.9 Å². The molecular weight excluding hydrogens is 338 g/mol. The maximum absolute atomic E-state index is 9.55. The van der Waals surface area contributed by atoms with Gasteiger partial charge in [0, 0.05) is 43.4 Å². The minimum Gasteiger partial charge on any atom is -0.492 e. The van der Waals surface area contributed by atoms with Crippen molar-refractivity contribution in [3.05, 3.63) is 30.6 Å². The van der Waals surface area contributed by atoms with Crippen LogP contribution in [0, 0.1) is 0 Å². The van der Waals surface area contributed by atoms with Crippen LogP contribution in [0.4, 0.5) is 5.69 Å². The molecular formula is C18H25N3O5. The molecule has 2 aliphatic rings. The van der Waals surface area contributed by atoms with Gasteiger partial charge in [-0.05, 0) is 26.2 Å². The van der Waals surface area contributed by atoms with Crippen LogP contribution in [0.5, 0.6) is 5.75 Å². The lowest BCUT2D eigenvalue weighted by atomic mass is 10.1. The van der Waals surface area contributed by atoms with Crippen LogP contribution in [-0.4, -0.2) is 58.9 Å². The molecule has 1 aromatic heterocycles. The van der Waals surface area contributed by atoms with Gasteiger partial charge in [0.1, 0.15) is 5.75 Å². The molecule has 0 spiro atoms. The molecule has 142 valence electrons. The van der Waals surface area contributed by atoms with Crippen molar-refractivity contribution in [3.63, 3.8) is 0 Å². The SMILES string of the molecule is CCOc1cncc(N2CC[C@H]3CC[C@@H](C2)N3)c1.O=C(O)/C=C/C(=O)O. The molecule has 1 aromatic rings. The van der Waals surface area contributed by atoms with E-state index in [4.69, 9.17) is 14.9 Å². The molecule has 26 heavy (non-hydrogen) atoms. The van der Waals surface area contributed by atoms with Crippen LogP contribution < -0.4 is 15.0 Å². The number of aromatic nitrogens is 1. The summed E-state index contributed by atoms with van der Waals surface area (Å²) in [6, 6.07) is 3.48. The summed E-state index contributed by atoms with van der Waals surface area (Å²) < 4.78 is 5.53. The minimum atomic E-state index is -1.26. The Hall–Kier alpha value is -2.61. The number of carbonyl (C=O) groups is 2. The molecule has 0 unspecified atom stereocenters. The first-order valence-electron chi connectivity index (χ1n) is 8.70. The molecule has 2 atom stereocenters. The first-order valence-corrected chi connectivity index (χ1v) is 8.70. The fourth-order valence-corrected chi connectivity index (χ4v) is 3.15. The lowest BCUT2D eigenvalue weighted by Crippen LogP contribution is -2.35. The Kier molecular flexibility index (Phi) is 7.40. The van der Waals surface area contributed by atoms with Gasteiger partial charge in [0.25, 0.3) is 0 Å². The summed E-state index contributed by atoms with van der Waals surface area (Å²) in [4.78, 5) is 25.8. The molecule has 2 aliphatic heterocycles. The zero-order chi connectivity index (χ0) is 18.9. The average molecular weight is 363 g/mol. The fraction of sp³-hybridized carbons (Fsp3) is 0.500.